The SMILES string of the molecule is CC(C)SCC(N)c1ccc(Cl)c(Cl)c1. The van der Waals surface area contributed by atoms with Gasteiger partial charge in [0.1, 0.15) is 0 Å². The molecule has 1 unspecified atom stereocenters. The molecule has 15 heavy (non-hydrogen) atoms. The molecule has 1 aromatic carbocycles. The third kappa shape index (κ3) is 4.23. The molecule has 2 N–H and O–H groups in total. The molecular weight excluding hydrogens is 249 g/mol. The Kier molecular flexibility index (Phi) is 5.27. The van der Waals surface area contributed by atoms with Crippen LogP contribution in [0.2, 0.25) is 10.0 Å². The van der Waals surface area contributed by atoms with Crippen molar-refractivity contribution in [2.75, 3.05) is 5.75 Å². The molecule has 1 rings (SSSR count). The first-order valence-electron chi connectivity index (χ1n) is 4.83. The van der Waals surface area contributed by atoms with E-state index in [4.69, 9.17) is 28.9 Å². The summed E-state index contributed by atoms with van der Waals surface area (Å²) in [5.41, 5.74) is 7.08. The lowest BCUT2D eigenvalue weighted by atomic mass is 10.1. The zero-order valence-corrected chi connectivity index (χ0v) is 11.2. The number of hydrogen-bond donors (Lipinski definition) is 1. The quantitative estimate of drug-likeness (QED) is 0.884. The standard InChI is InChI=1S/C11H15Cl2NS/c1-7(2)15-6-11(14)8-3-4-9(12)10(13)5-8/h3-5,7,11H,6,14H2,1-2H3. The van der Waals surface area contributed by atoms with Gasteiger partial charge in [-0.2, -0.15) is 11.8 Å². The highest BCUT2D eigenvalue weighted by Gasteiger charge is 2.09. The van der Waals surface area contributed by atoms with Gasteiger partial charge in [0.15, 0.2) is 0 Å². The van der Waals surface area contributed by atoms with Crippen LogP contribution in [0.15, 0.2) is 18.2 Å². The van der Waals surface area contributed by atoms with Gasteiger partial charge < -0.3 is 5.73 Å². The average molecular weight is 264 g/mol. The van der Waals surface area contributed by atoms with E-state index in [0.717, 1.165) is 11.3 Å². The van der Waals surface area contributed by atoms with Gasteiger partial charge in [0.05, 0.1) is 10.0 Å². The average Bonchev–Trinajstić information content (AvgIpc) is 2.18. The van der Waals surface area contributed by atoms with Gasteiger partial charge in [-0.1, -0.05) is 43.1 Å². The predicted octanol–water partition coefficient (Wildman–Crippen LogP) is 4.13. The van der Waals surface area contributed by atoms with Crippen LogP contribution < -0.4 is 5.73 Å². The van der Waals surface area contributed by atoms with Crippen LogP contribution in [-0.4, -0.2) is 11.0 Å². The van der Waals surface area contributed by atoms with Gasteiger partial charge in [-0.15, -0.1) is 0 Å². The first-order chi connectivity index (χ1) is 7.00. The molecule has 84 valence electrons. The number of hydrogen-bond acceptors (Lipinski definition) is 2. The Hall–Kier alpha value is 0.110. The minimum Gasteiger partial charge on any atom is -0.323 e. The summed E-state index contributed by atoms with van der Waals surface area (Å²) in [5, 5.41) is 1.74. The maximum Gasteiger partial charge on any atom is 0.0595 e. The molecule has 0 saturated heterocycles. The van der Waals surface area contributed by atoms with Crippen LogP contribution in [0.5, 0.6) is 0 Å². The topological polar surface area (TPSA) is 26.0 Å². The van der Waals surface area contributed by atoms with Crippen molar-refractivity contribution in [2.24, 2.45) is 5.73 Å². The van der Waals surface area contributed by atoms with E-state index in [1.54, 1.807) is 6.07 Å². The van der Waals surface area contributed by atoms with E-state index < -0.39 is 0 Å². The molecule has 4 heteroatoms. The minimum atomic E-state index is 0.0205. The van der Waals surface area contributed by atoms with Crippen LogP contribution in [0.25, 0.3) is 0 Å². The van der Waals surface area contributed by atoms with Gasteiger partial charge in [-0.3, -0.25) is 0 Å². The molecule has 0 aliphatic carbocycles. The first-order valence-corrected chi connectivity index (χ1v) is 6.63. The van der Waals surface area contributed by atoms with Gasteiger partial charge in [0.2, 0.25) is 0 Å². The molecule has 0 fully saturated rings. The van der Waals surface area contributed by atoms with Crippen molar-refractivity contribution in [3.05, 3.63) is 33.8 Å². The normalized spacial score (nSPS) is 13.2. The molecule has 0 aliphatic heterocycles. The molecule has 0 heterocycles. The fourth-order valence-electron chi connectivity index (χ4n) is 1.14. The third-order valence-corrected chi connectivity index (χ3v) is 3.94. The van der Waals surface area contributed by atoms with E-state index in [2.05, 4.69) is 13.8 Å². The summed E-state index contributed by atoms with van der Waals surface area (Å²) < 4.78 is 0. The second kappa shape index (κ2) is 6.00. The van der Waals surface area contributed by atoms with Crippen molar-refractivity contribution in [1.82, 2.24) is 0 Å². The van der Waals surface area contributed by atoms with Crippen molar-refractivity contribution in [3.63, 3.8) is 0 Å². The fraction of sp³-hybridized carbons (Fsp3) is 0.455. The summed E-state index contributed by atoms with van der Waals surface area (Å²) in [6.45, 7) is 4.32. The van der Waals surface area contributed by atoms with Gasteiger partial charge >= 0.3 is 0 Å². The van der Waals surface area contributed by atoms with Crippen molar-refractivity contribution in [3.8, 4) is 0 Å². The Bertz CT molecular complexity index is 328. The number of halogens is 2. The van der Waals surface area contributed by atoms with E-state index in [1.165, 1.54) is 0 Å². The molecule has 0 radical (unpaired) electrons. The molecule has 1 aromatic rings. The van der Waals surface area contributed by atoms with Gasteiger partial charge in [0.25, 0.3) is 0 Å². The highest BCUT2D eigenvalue weighted by atomic mass is 35.5. The van der Waals surface area contributed by atoms with Crippen molar-refractivity contribution in [1.29, 1.82) is 0 Å². The van der Waals surface area contributed by atoms with E-state index in [1.807, 2.05) is 23.9 Å². The van der Waals surface area contributed by atoms with Crippen LogP contribution in [0.4, 0.5) is 0 Å². The van der Waals surface area contributed by atoms with Crippen LogP contribution in [0.1, 0.15) is 25.5 Å². The Balaban J connectivity index is 2.65. The largest absolute Gasteiger partial charge is 0.323 e. The summed E-state index contributed by atoms with van der Waals surface area (Å²) in [6.07, 6.45) is 0. The number of thioether (sulfide) groups is 1. The zero-order valence-electron chi connectivity index (χ0n) is 8.84. The second-order valence-electron chi connectivity index (χ2n) is 3.66. The van der Waals surface area contributed by atoms with Crippen molar-refractivity contribution in [2.45, 2.75) is 25.1 Å². The summed E-state index contributed by atoms with van der Waals surface area (Å²) in [4.78, 5) is 0. The number of benzene rings is 1. The number of nitrogens with two attached hydrogens (primary N) is 1. The van der Waals surface area contributed by atoms with Crippen molar-refractivity contribution >= 4 is 35.0 Å². The Labute approximate surface area is 105 Å². The maximum absolute atomic E-state index is 6.04. The van der Waals surface area contributed by atoms with Gasteiger partial charge in [-0.25, -0.2) is 0 Å². The molecule has 0 saturated carbocycles. The van der Waals surface area contributed by atoms with Crippen LogP contribution in [-0.2, 0) is 0 Å². The monoisotopic (exact) mass is 263 g/mol. The second-order valence-corrected chi connectivity index (χ2v) is 6.09. The smallest absolute Gasteiger partial charge is 0.0595 e. The number of rotatable bonds is 4. The minimum absolute atomic E-state index is 0.0205. The molecule has 1 nitrogen and oxygen atoms in total. The molecule has 0 aromatic heterocycles. The first kappa shape index (κ1) is 13.2. The molecular formula is C11H15Cl2NS. The lowest BCUT2D eigenvalue weighted by molar-refractivity contribution is 0.828. The van der Waals surface area contributed by atoms with Gasteiger partial charge in [0, 0.05) is 11.8 Å². The molecule has 0 bridgehead atoms. The summed E-state index contributed by atoms with van der Waals surface area (Å²) in [6, 6.07) is 5.58. The Morgan fingerprint density at radius 2 is 1.93 bits per heavy atom. The molecule has 1 atom stereocenters. The van der Waals surface area contributed by atoms with E-state index in [-0.39, 0.29) is 6.04 Å². The van der Waals surface area contributed by atoms with E-state index in [0.29, 0.717) is 15.3 Å². The predicted molar refractivity (Wildman–Crippen MR) is 71.0 cm³/mol. The van der Waals surface area contributed by atoms with Crippen LogP contribution in [0.3, 0.4) is 0 Å². The summed E-state index contributed by atoms with van der Waals surface area (Å²) in [5.74, 6) is 0.898. The van der Waals surface area contributed by atoms with Crippen molar-refractivity contribution < 1.29 is 0 Å². The molecule has 0 spiro atoms. The highest BCUT2D eigenvalue weighted by molar-refractivity contribution is 7.99. The van der Waals surface area contributed by atoms with Crippen LogP contribution >= 0.6 is 35.0 Å². The molecule has 0 amide bonds. The van der Waals surface area contributed by atoms with E-state index >= 15 is 0 Å². The highest BCUT2D eigenvalue weighted by Crippen LogP contribution is 2.26. The summed E-state index contributed by atoms with van der Waals surface area (Å²) in [7, 11) is 0. The maximum atomic E-state index is 6.04. The van der Waals surface area contributed by atoms with Crippen LogP contribution in [0, 0.1) is 0 Å². The lowest BCUT2D eigenvalue weighted by Gasteiger charge is -2.13. The zero-order chi connectivity index (χ0) is 11.4. The summed E-state index contributed by atoms with van der Waals surface area (Å²) >= 11 is 13.6. The third-order valence-electron chi connectivity index (χ3n) is 1.98. The molecule has 0 aliphatic rings. The fourth-order valence-corrected chi connectivity index (χ4v) is 2.23. The lowest BCUT2D eigenvalue weighted by Crippen LogP contribution is -2.14. The van der Waals surface area contributed by atoms with E-state index in [9.17, 15) is 0 Å². The Morgan fingerprint density at radius 1 is 1.27 bits per heavy atom. The van der Waals surface area contributed by atoms with Gasteiger partial charge in [-0.05, 0) is 22.9 Å². The Morgan fingerprint density at radius 3 is 2.47 bits per heavy atom.